The number of likely N-dealkylation sites (tertiary alicyclic amines) is 1. The standard InChI is InChI=1S/C19H18ClFN6O2/c20-13-4-14(21)17(22-5-13)25-6-12-7-26(9-19(12,8-25)10-28)18(29)15-2-1-3-16-23-11-24-27(15)16/h1-5,11-12,28H,6-10H2/t12-,19+/m0/s1. The molecule has 2 aliphatic heterocycles. The molecule has 1 N–H and O–H groups in total. The van der Waals surface area contributed by atoms with E-state index in [1.165, 1.54) is 23.1 Å². The molecule has 2 atom stereocenters. The van der Waals surface area contributed by atoms with E-state index < -0.39 is 11.2 Å². The van der Waals surface area contributed by atoms with Crippen LogP contribution in [0.1, 0.15) is 10.5 Å². The highest BCUT2D eigenvalue weighted by molar-refractivity contribution is 6.30. The van der Waals surface area contributed by atoms with Gasteiger partial charge in [0.1, 0.15) is 12.0 Å². The zero-order valence-corrected chi connectivity index (χ0v) is 16.1. The Balaban J connectivity index is 1.40. The van der Waals surface area contributed by atoms with Crippen molar-refractivity contribution in [2.45, 2.75) is 0 Å². The summed E-state index contributed by atoms with van der Waals surface area (Å²) in [4.78, 5) is 24.9. The molecule has 2 saturated heterocycles. The highest BCUT2D eigenvalue weighted by Crippen LogP contribution is 2.44. The summed E-state index contributed by atoms with van der Waals surface area (Å²) in [6.45, 7) is 1.67. The Morgan fingerprint density at radius 2 is 2.17 bits per heavy atom. The average molecular weight is 417 g/mol. The number of carbonyl (C=O) groups excluding carboxylic acids is 1. The van der Waals surface area contributed by atoms with Crippen LogP contribution in [0.25, 0.3) is 5.65 Å². The summed E-state index contributed by atoms with van der Waals surface area (Å²) in [7, 11) is 0. The first kappa shape index (κ1) is 18.3. The Morgan fingerprint density at radius 1 is 1.31 bits per heavy atom. The Bertz CT molecular complexity index is 1110. The van der Waals surface area contributed by atoms with Crippen molar-refractivity contribution in [1.29, 1.82) is 0 Å². The summed E-state index contributed by atoms with van der Waals surface area (Å²) < 4.78 is 15.8. The molecular formula is C19H18ClFN6O2. The molecule has 0 spiro atoms. The van der Waals surface area contributed by atoms with Crippen LogP contribution in [-0.2, 0) is 0 Å². The number of fused-ring (bicyclic) bond motifs is 2. The van der Waals surface area contributed by atoms with Crippen LogP contribution in [0.4, 0.5) is 10.2 Å². The van der Waals surface area contributed by atoms with Gasteiger partial charge in [0.2, 0.25) is 0 Å². The van der Waals surface area contributed by atoms with Gasteiger partial charge in [-0.05, 0) is 18.2 Å². The monoisotopic (exact) mass is 416 g/mol. The second kappa shape index (κ2) is 6.64. The third-order valence-electron chi connectivity index (χ3n) is 5.97. The maximum atomic E-state index is 14.3. The molecule has 2 fully saturated rings. The lowest BCUT2D eigenvalue weighted by atomic mass is 9.82. The zero-order chi connectivity index (χ0) is 20.2. The number of carbonyl (C=O) groups is 1. The van der Waals surface area contributed by atoms with Gasteiger partial charge in [0.15, 0.2) is 17.3 Å². The number of halogens is 2. The molecule has 0 aliphatic carbocycles. The third kappa shape index (κ3) is 2.84. The first-order valence-corrected chi connectivity index (χ1v) is 9.63. The van der Waals surface area contributed by atoms with E-state index in [0.717, 1.165) is 0 Å². The van der Waals surface area contributed by atoms with Gasteiger partial charge in [-0.3, -0.25) is 4.79 Å². The molecule has 3 aromatic heterocycles. The van der Waals surface area contributed by atoms with Crippen molar-refractivity contribution >= 4 is 29.0 Å². The first-order chi connectivity index (χ1) is 14.0. The fourth-order valence-electron chi connectivity index (χ4n) is 4.53. The summed E-state index contributed by atoms with van der Waals surface area (Å²) in [5.74, 6) is -0.424. The van der Waals surface area contributed by atoms with Gasteiger partial charge in [-0.25, -0.2) is 18.9 Å². The van der Waals surface area contributed by atoms with Crippen LogP contribution >= 0.6 is 11.6 Å². The zero-order valence-electron chi connectivity index (χ0n) is 15.4. The highest BCUT2D eigenvalue weighted by atomic mass is 35.5. The first-order valence-electron chi connectivity index (χ1n) is 9.26. The predicted molar refractivity (Wildman–Crippen MR) is 103 cm³/mol. The van der Waals surface area contributed by atoms with E-state index in [0.29, 0.717) is 37.5 Å². The third-order valence-corrected chi connectivity index (χ3v) is 6.18. The predicted octanol–water partition coefficient (Wildman–Crippen LogP) is 1.49. The molecule has 0 bridgehead atoms. The smallest absolute Gasteiger partial charge is 0.272 e. The lowest BCUT2D eigenvalue weighted by molar-refractivity contribution is 0.0739. The van der Waals surface area contributed by atoms with Gasteiger partial charge in [0.05, 0.1) is 11.6 Å². The number of pyridine rings is 2. The van der Waals surface area contributed by atoms with Crippen molar-refractivity contribution in [2.24, 2.45) is 11.3 Å². The molecule has 0 saturated carbocycles. The summed E-state index contributed by atoms with van der Waals surface area (Å²) in [5.41, 5.74) is 0.498. The van der Waals surface area contributed by atoms with E-state index in [-0.39, 0.29) is 29.3 Å². The summed E-state index contributed by atoms with van der Waals surface area (Å²) in [5, 5.41) is 14.6. The van der Waals surface area contributed by atoms with Gasteiger partial charge in [-0.2, -0.15) is 5.10 Å². The molecule has 0 unspecified atom stereocenters. The van der Waals surface area contributed by atoms with Crippen molar-refractivity contribution in [1.82, 2.24) is 24.5 Å². The van der Waals surface area contributed by atoms with Crippen LogP contribution in [0.3, 0.4) is 0 Å². The Kier molecular flexibility index (Phi) is 4.18. The molecule has 3 aromatic rings. The van der Waals surface area contributed by atoms with Crippen LogP contribution in [-0.4, -0.2) is 68.3 Å². The van der Waals surface area contributed by atoms with Crippen LogP contribution in [0, 0.1) is 17.2 Å². The van der Waals surface area contributed by atoms with E-state index in [1.807, 2.05) is 4.90 Å². The van der Waals surface area contributed by atoms with Crippen molar-refractivity contribution in [2.75, 3.05) is 37.7 Å². The largest absolute Gasteiger partial charge is 0.396 e. The molecule has 29 heavy (non-hydrogen) atoms. The second-order valence-corrected chi connectivity index (χ2v) is 8.12. The van der Waals surface area contributed by atoms with Crippen molar-refractivity contribution in [3.05, 3.63) is 53.3 Å². The number of amides is 1. The Morgan fingerprint density at radius 3 is 2.93 bits per heavy atom. The summed E-state index contributed by atoms with van der Waals surface area (Å²) in [6, 6.07) is 6.50. The van der Waals surface area contributed by atoms with Crippen molar-refractivity contribution in [3.63, 3.8) is 0 Å². The molecule has 1 amide bonds. The normalized spacial score (nSPS) is 23.8. The second-order valence-electron chi connectivity index (χ2n) is 7.68. The van der Waals surface area contributed by atoms with E-state index in [1.54, 1.807) is 23.1 Å². The highest BCUT2D eigenvalue weighted by Gasteiger charge is 2.54. The van der Waals surface area contributed by atoms with E-state index in [4.69, 9.17) is 11.6 Å². The molecule has 5 rings (SSSR count). The maximum Gasteiger partial charge on any atom is 0.272 e. The van der Waals surface area contributed by atoms with Gasteiger partial charge < -0.3 is 14.9 Å². The average Bonchev–Trinajstić information content (AvgIpc) is 3.39. The lowest BCUT2D eigenvalue weighted by Crippen LogP contribution is -2.39. The van der Waals surface area contributed by atoms with Crippen LogP contribution in [0.5, 0.6) is 0 Å². The van der Waals surface area contributed by atoms with Crippen LogP contribution in [0.2, 0.25) is 5.02 Å². The van der Waals surface area contributed by atoms with E-state index in [2.05, 4.69) is 15.1 Å². The minimum absolute atomic E-state index is 0.00303. The van der Waals surface area contributed by atoms with Crippen molar-refractivity contribution < 1.29 is 14.3 Å². The van der Waals surface area contributed by atoms with Gasteiger partial charge in [0, 0.05) is 43.7 Å². The molecular weight excluding hydrogens is 399 g/mol. The molecule has 10 heteroatoms. The molecule has 0 aromatic carbocycles. The Labute approximate surface area is 170 Å². The van der Waals surface area contributed by atoms with E-state index >= 15 is 0 Å². The number of aromatic nitrogens is 4. The molecule has 2 aliphatic rings. The number of nitrogens with zero attached hydrogens (tertiary/aromatic N) is 6. The minimum Gasteiger partial charge on any atom is -0.396 e. The minimum atomic E-state index is -0.528. The number of hydrogen-bond donors (Lipinski definition) is 1. The number of rotatable bonds is 3. The van der Waals surface area contributed by atoms with Gasteiger partial charge in [0.25, 0.3) is 5.91 Å². The number of aliphatic hydroxyl groups excluding tert-OH is 1. The van der Waals surface area contributed by atoms with Crippen LogP contribution in [0.15, 0.2) is 36.8 Å². The van der Waals surface area contributed by atoms with Crippen molar-refractivity contribution in [3.8, 4) is 0 Å². The topological polar surface area (TPSA) is 86.9 Å². The Hall–Kier alpha value is -2.78. The SMILES string of the molecule is O=C(c1cccc2ncnn12)N1C[C@@H]2CN(c3ncc(Cl)cc3F)C[C@]2(CO)C1. The summed E-state index contributed by atoms with van der Waals surface area (Å²) >= 11 is 5.80. The van der Waals surface area contributed by atoms with Gasteiger partial charge >= 0.3 is 0 Å². The quantitative estimate of drug-likeness (QED) is 0.696. The summed E-state index contributed by atoms with van der Waals surface area (Å²) in [6.07, 6.45) is 2.82. The molecule has 150 valence electrons. The lowest BCUT2D eigenvalue weighted by Gasteiger charge is -2.27. The van der Waals surface area contributed by atoms with Crippen LogP contribution < -0.4 is 4.90 Å². The molecule has 5 heterocycles. The molecule has 0 radical (unpaired) electrons. The van der Waals surface area contributed by atoms with Gasteiger partial charge in [-0.1, -0.05) is 17.7 Å². The maximum absolute atomic E-state index is 14.3. The fraction of sp³-hybridized carbons (Fsp3) is 0.368. The number of anilines is 1. The number of hydrogen-bond acceptors (Lipinski definition) is 6. The fourth-order valence-corrected chi connectivity index (χ4v) is 4.67. The number of aliphatic hydroxyl groups is 1. The van der Waals surface area contributed by atoms with E-state index in [9.17, 15) is 14.3 Å². The molecule has 8 nitrogen and oxygen atoms in total. The van der Waals surface area contributed by atoms with Gasteiger partial charge in [-0.15, -0.1) is 0 Å².